The molecule has 0 heterocycles. The zero-order chi connectivity index (χ0) is 12.9. The van der Waals surface area contributed by atoms with Gasteiger partial charge in [0.2, 0.25) is 0 Å². The highest BCUT2D eigenvalue weighted by molar-refractivity contribution is 4.73. The molecule has 0 aromatic carbocycles. The molecule has 2 heteroatoms. The molecular weight excluding hydrogens is 208 g/mol. The third kappa shape index (κ3) is 8.62. The van der Waals surface area contributed by atoms with Crippen molar-refractivity contribution in [3.05, 3.63) is 0 Å². The lowest BCUT2D eigenvalue weighted by atomic mass is 9.88. The summed E-state index contributed by atoms with van der Waals surface area (Å²) in [6.07, 6.45) is 13.3. The van der Waals surface area contributed by atoms with Crippen molar-refractivity contribution >= 4 is 0 Å². The Balaban J connectivity index is 3.77. The van der Waals surface area contributed by atoms with Crippen molar-refractivity contribution in [3.63, 3.8) is 0 Å². The van der Waals surface area contributed by atoms with Gasteiger partial charge in [-0.2, -0.15) is 0 Å². The van der Waals surface area contributed by atoms with E-state index in [1.54, 1.807) is 0 Å². The molecule has 0 bridgehead atoms. The van der Waals surface area contributed by atoms with Crippen molar-refractivity contribution in [2.45, 2.75) is 91.0 Å². The van der Waals surface area contributed by atoms with Gasteiger partial charge < -0.3 is 0 Å². The second-order valence-electron chi connectivity index (χ2n) is 5.29. The summed E-state index contributed by atoms with van der Waals surface area (Å²) in [4.78, 5) is 0. The summed E-state index contributed by atoms with van der Waals surface area (Å²) in [5.74, 6) is 6.48. The molecule has 0 aromatic heterocycles. The molecule has 2 unspecified atom stereocenters. The Kier molecular flexibility index (Phi) is 12.3. The summed E-state index contributed by atoms with van der Waals surface area (Å²) in [5.41, 5.74) is 3.05. The van der Waals surface area contributed by atoms with E-state index in [1.807, 2.05) is 0 Å². The van der Waals surface area contributed by atoms with Crippen molar-refractivity contribution in [3.8, 4) is 0 Å². The molecule has 2 atom stereocenters. The summed E-state index contributed by atoms with van der Waals surface area (Å²) in [6.45, 7) is 6.83. The first-order valence-corrected chi connectivity index (χ1v) is 7.76. The van der Waals surface area contributed by atoms with Crippen LogP contribution in [0.1, 0.15) is 85.0 Å². The van der Waals surface area contributed by atoms with E-state index in [9.17, 15) is 0 Å². The molecule has 0 fully saturated rings. The molecule has 0 aliphatic carbocycles. The summed E-state index contributed by atoms with van der Waals surface area (Å²) in [7, 11) is 0. The number of hydrogen-bond acceptors (Lipinski definition) is 2. The molecular formula is C15H34N2. The maximum absolute atomic E-state index is 5.71. The standard InChI is InChI=1S/C15H34N2/c1-4-7-9-10-11-13-15(17-16)14(6-3)12-8-5-2/h14-15,17H,4-13,16H2,1-3H3. The largest absolute Gasteiger partial charge is 0.271 e. The Morgan fingerprint density at radius 1 is 0.824 bits per heavy atom. The second kappa shape index (κ2) is 12.4. The Bertz CT molecular complexity index is 148. The van der Waals surface area contributed by atoms with Gasteiger partial charge in [-0.1, -0.05) is 72.1 Å². The van der Waals surface area contributed by atoms with Crippen LogP contribution in [0.4, 0.5) is 0 Å². The third-order valence-corrected chi connectivity index (χ3v) is 3.85. The molecule has 0 aliphatic heterocycles. The van der Waals surface area contributed by atoms with Crippen LogP contribution in [0.15, 0.2) is 0 Å². The van der Waals surface area contributed by atoms with Crippen molar-refractivity contribution < 1.29 is 0 Å². The quantitative estimate of drug-likeness (QED) is 0.302. The molecule has 17 heavy (non-hydrogen) atoms. The van der Waals surface area contributed by atoms with E-state index in [1.165, 1.54) is 64.2 Å². The smallest absolute Gasteiger partial charge is 0.0238 e. The molecule has 104 valence electrons. The average molecular weight is 242 g/mol. The second-order valence-corrected chi connectivity index (χ2v) is 5.29. The van der Waals surface area contributed by atoms with Crippen LogP contribution in [0, 0.1) is 5.92 Å². The van der Waals surface area contributed by atoms with E-state index in [4.69, 9.17) is 5.84 Å². The van der Waals surface area contributed by atoms with E-state index in [2.05, 4.69) is 26.2 Å². The van der Waals surface area contributed by atoms with Gasteiger partial charge in [-0.3, -0.25) is 11.3 Å². The van der Waals surface area contributed by atoms with Gasteiger partial charge >= 0.3 is 0 Å². The van der Waals surface area contributed by atoms with Gasteiger partial charge in [0.25, 0.3) is 0 Å². The van der Waals surface area contributed by atoms with Crippen molar-refractivity contribution in [1.29, 1.82) is 0 Å². The number of nitrogens with two attached hydrogens (primary N) is 1. The van der Waals surface area contributed by atoms with Gasteiger partial charge in [0, 0.05) is 6.04 Å². The van der Waals surface area contributed by atoms with Crippen LogP contribution in [-0.4, -0.2) is 6.04 Å². The van der Waals surface area contributed by atoms with Crippen molar-refractivity contribution in [1.82, 2.24) is 5.43 Å². The number of hydrazine groups is 1. The summed E-state index contributed by atoms with van der Waals surface area (Å²) in [5, 5.41) is 0. The van der Waals surface area contributed by atoms with Crippen LogP contribution >= 0.6 is 0 Å². The van der Waals surface area contributed by atoms with Gasteiger partial charge in [-0.05, 0) is 18.8 Å². The minimum absolute atomic E-state index is 0.535. The van der Waals surface area contributed by atoms with E-state index in [0.717, 1.165) is 5.92 Å². The third-order valence-electron chi connectivity index (χ3n) is 3.85. The molecule has 0 rings (SSSR count). The molecule has 0 radical (unpaired) electrons. The van der Waals surface area contributed by atoms with Gasteiger partial charge in [-0.15, -0.1) is 0 Å². The number of rotatable bonds is 12. The highest BCUT2D eigenvalue weighted by atomic mass is 15.2. The van der Waals surface area contributed by atoms with Crippen LogP contribution in [0.25, 0.3) is 0 Å². The normalized spacial score (nSPS) is 14.8. The van der Waals surface area contributed by atoms with Gasteiger partial charge in [0.15, 0.2) is 0 Å². The highest BCUT2D eigenvalue weighted by Crippen LogP contribution is 2.20. The Morgan fingerprint density at radius 3 is 2.00 bits per heavy atom. The first kappa shape index (κ1) is 16.9. The molecule has 0 amide bonds. The minimum Gasteiger partial charge on any atom is -0.271 e. The lowest BCUT2D eigenvalue weighted by Gasteiger charge is -2.25. The predicted molar refractivity (Wildman–Crippen MR) is 77.8 cm³/mol. The molecule has 0 spiro atoms. The maximum atomic E-state index is 5.71. The zero-order valence-electron chi connectivity index (χ0n) is 12.3. The highest BCUT2D eigenvalue weighted by Gasteiger charge is 2.17. The fourth-order valence-corrected chi connectivity index (χ4v) is 2.58. The molecule has 3 N–H and O–H groups in total. The Labute approximate surface area is 109 Å². The predicted octanol–water partition coefficient (Wildman–Crippen LogP) is 4.40. The van der Waals surface area contributed by atoms with E-state index in [0.29, 0.717) is 6.04 Å². The molecule has 2 nitrogen and oxygen atoms in total. The lowest BCUT2D eigenvalue weighted by Crippen LogP contribution is -2.40. The maximum Gasteiger partial charge on any atom is 0.0238 e. The first-order chi connectivity index (χ1) is 8.29. The topological polar surface area (TPSA) is 38.0 Å². The SMILES string of the molecule is CCCCCCCC(NN)C(CC)CCCC. The van der Waals surface area contributed by atoms with Crippen molar-refractivity contribution in [2.75, 3.05) is 0 Å². The summed E-state index contributed by atoms with van der Waals surface area (Å²) >= 11 is 0. The van der Waals surface area contributed by atoms with Crippen LogP contribution in [-0.2, 0) is 0 Å². The fourth-order valence-electron chi connectivity index (χ4n) is 2.58. The summed E-state index contributed by atoms with van der Waals surface area (Å²) < 4.78 is 0. The minimum atomic E-state index is 0.535. The zero-order valence-corrected chi connectivity index (χ0v) is 12.3. The van der Waals surface area contributed by atoms with E-state index >= 15 is 0 Å². The van der Waals surface area contributed by atoms with Crippen LogP contribution in [0.2, 0.25) is 0 Å². The molecule has 0 aliphatic rings. The number of hydrogen-bond donors (Lipinski definition) is 2. The van der Waals surface area contributed by atoms with E-state index in [-0.39, 0.29) is 0 Å². The van der Waals surface area contributed by atoms with Crippen LogP contribution in [0.5, 0.6) is 0 Å². The van der Waals surface area contributed by atoms with E-state index < -0.39 is 0 Å². The fraction of sp³-hybridized carbons (Fsp3) is 1.00. The van der Waals surface area contributed by atoms with Crippen LogP contribution in [0.3, 0.4) is 0 Å². The average Bonchev–Trinajstić information content (AvgIpc) is 2.36. The Hall–Kier alpha value is -0.0800. The molecule has 0 saturated carbocycles. The first-order valence-electron chi connectivity index (χ1n) is 7.76. The van der Waals surface area contributed by atoms with Crippen molar-refractivity contribution in [2.24, 2.45) is 11.8 Å². The van der Waals surface area contributed by atoms with Gasteiger partial charge in [-0.25, -0.2) is 0 Å². The summed E-state index contributed by atoms with van der Waals surface area (Å²) in [6, 6.07) is 0.535. The van der Waals surface area contributed by atoms with Gasteiger partial charge in [0.1, 0.15) is 0 Å². The molecule has 0 saturated heterocycles. The van der Waals surface area contributed by atoms with Gasteiger partial charge in [0.05, 0.1) is 0 Å². The molecule has 0 aromatic rings. The number of nitrogens with one attached hydrogen (secondary N) is 1. The lowest BCUT2D eigenvalue weighted by molar-refractivity contribution is 0.298. The number of unbranched alkanes of at least 4 members (excludes halogenated alkanes) is 5. The van der Waals surface area contributed by atoms with Crippen LogP contribution < -0.4 is 11.3 Å². The Morgan fingerprint density at radius 2 is 1.47 bits per heavy atom. The monoisotopic (exact) mass is 242 g/mol.